The molecule has 82 valence electrons. The minimum absolute atomic E-state index is 0.383. The van der Waals surface area contributed by atoms with Crippen LogP contribution in [0.4, 0.5) is 5.69 Å². The highest BCUT2D eigenvalue weighted by Crippen LogP contribution is 2.24. The predicted octanol–water partition coefficient (Wildman–Crippen LogP) is 2.23. The molecule has 1 rings (SSSR count). The minimum Gasteiger partial charge on any atom is -0.465 e. The number of benzene rings is 1. The highest BCUT2D eigenvalue weighted by Gasteiger charge is 2.13. The van der Waals surface area contributed by atoms with Gasteiger partial charge in [0.25, 0.3) is 0 Å². The predicted molar refractivity (Wildman–Crippen MR) is 64.1 cm³/mol. The number of esters is 1. The zero-order chi connectivity index (χ0) is 11.4. The summed E-state index contributed by atoms with van der Waals surface area (Å²) in [4.78, 5) is 11.3. The van der Waals surface area contributed by atoms with Gasteiger partial charge in [-0.1, -0.05) is 6.07 Å². The fraction of sp³-hybridized carbons (Fsp3) is 0.364. The van der Waals surface area contributed by atoms with E-state index < -0.39 is 0 Å². The summed E-state index contributed by atoms with van der Waals surface area (Å²) < 4.78 is 4.65. The molecule has 0 spiro atoms. The van der Waals surface area contributed by atoms with Gasteiger partial charge < -0.3 is 10.5 Å². The maximum absolute atomic E-state index is 11.3. The lowest BCUT2D eigenvalue weighted by molar-refractivity contribution is 0.0602. The number of hydrogen-bond acceptors (Lipinski definition) is 4. The number of carbonyl (C=O) groups excluding carboxylic acids is 1. The minimum atomic E-state index is -0.383. The monoisotopic (exact) mass is 225 g/mol. The molecule has 1 aromatic carbocycles. The van der Waals surface area contributed by atoms with Gasteiger partial charge in [-0.25, -0.2) is 4.79 Å². The van der Waals surface area contributed by atoms with Crippen LogP contribution in [-0.4, -0.2) is 19.3 Å². The molecule has 0 amide bonds. The first kappa shape index (κ1) is 11.9. The number of rotatable bonds is 3. The second-order valence-corrected chi connectivity index (χ2v) is 4.10. The van der Waals surface area contributed by atoms with E-state index >= 15 is 0 Å². The topological polar surface area (TPSA) is 52.3 Å². The van der Waals surface area contributed by atoms with Gasteiger partial charge in [0, 0.05) is 11.4 Å². The molecule has 3 nitrogen and oxygen atoms in total. The Hall–Kier alpha value is -1.16. The van der Waals surface area contributed by atoms with E-state index in [1.54, 1.807) is 17.8 Å². The lowest BCUT2D eigenvalue weighted by atomic mass is 10.0. The summed E-state index contributed by atoms with van der Waals surface area (Å²) in [7, 11) is 1.35. The lowest BCUT2D eigenvalue weighted by Gasteiger charge is -2.10. The van der Waals surface area contributed by atoms with Crippen molar-refractivity contribution >= 4 is 23.4 Å². The van der Waals surface area contributed by atoms with Gasteiger partial charge in [0.15, 0.2) is 0 Å². The van der Waals surface area contributed by atoms with Crippen LogP contribution in [0.15, 0.2) is 12.1 Å². The zero-order valence-electron chi connectivity index (χ0n) is 9.16. The number of carbonyl (C=O) groups is 1. The van der Waals surface area contributed by atoms with Crippen LogP contribution in [0.2, 0.25) is 0 Å². The van der Waals surface area contributed by atoms with Crippen LogP contribution in [0, 0.1) is 6.92 Å². The SMILES string of the molecule is COC(=O)c1ccc(CSC)c(C)c1N. The Morgan fingerprint density at radius 2 is 2.20 bits per heavy atom. The number of nitrogens with two attached hydrogens (primary N) is 1. The van der Waals surface area contributed by atoms with Gasteiger partial charge in [-0.3, -0.25) is 0 Å². The molecule has 0 saturated heterocycles. The first-order valence-electron chi connectivity index (χ1n) is 4.57. The molecule has 0 aliphatic rings. The third kappa shape index (κ3) is 2.45. The summed E-state index contributed by atoms with van der Waals surface area (Å²) >= 11 is 1.73. The van der Waals surface area contributed by atoms with Crippen molar-refractivity contribution in [2.24, 2.45) is 0 Å². The van der Waals surface area contributed by atoms with Crippen molar-refractivity contribution in [2.45, 2.75) is 12.7 Å². The molecule has 0 aromatic heterocycles. The van der Waals surface area contributed by atoms with E-state index in [4.69, 9.17) is 5.73 Å². The van der Waals surface area contributed by atoms with Crippen molar-refractivity contribution in [1.29, 1.82) is 0 Å². The van der Waals surface area contributed by atoms with Gasteiger partial charge in [-0.15, -0.1) is 0 Å². The average Bonchev–Trinajstić information content (AvgIpc) is 2.24. The number of nitrogen functional groups attached to an aromatic ring is 1. The molecule has 0 aliphatic heterocycles. The third-order valence-electron chi connectivity index (χ3n) is 2.33. The second-order valence-electron chi connectivity index (χ2n) is 3.24. The van der Waals surface area contributed by atoms with E-state index in [9.17, 15) is 4.79 Å². The normalized spacial score (nSPS) is 10.1. The molecule has 0 fully saturated rings. The number of anilines is 1. The van der Waals surface area contributed by atoms with Gasteiger partial charge in [0.05, 0.1) is 12.7 Å². The molecule has 0 atom stereocenters. The largest absolute Gasteiger partial charge is 0.465 e. The van der Waals surface area contributed by atoms with Crippen molar-refractivity contribution in [3.8, 4) is 0 Å². The smallest absolute Gasteiger partial charge is 0.339 e. The fourth-order valence-electron chi connectivity index (χ4n) is 1.37. The summed E-state index contributed by atoms with van der Waals surface area (Å²) in [6.45, 7) is 1.92. The molecule has 15 heavy (non-hydrogen) atoms. The molecule has 0 radical (unpaired) electrons. The Balaban J connectivity index is 3.15. The highest BCUT2D eigenvalue weighted by molar-refractivity contribution is 7.97. The zero-order valence-corrected chi connectivity index (χ0v) is 9.98. The van der Waals surface area contributed by atoms with Crippen molar-refractivity contribution in [1.82, 2.24) is 0 Å². The van der Waals surface area contributed by atoms with Crippen LogP contribution in [0.25, 0.3) is 0 Å². The molecular weight excluding hydrogens is 210 g/mol. The first-order chi connectivity index (χ1) is 7.11. The number of thioether (sulfide) groups is 1. The molecule has 4 heteroatoms. The van der Waals surface area contributed by atoms with Crippen molar-refractivity contribution < 1.29 is 9.53 Å². The van der Waals surface area contributed by atoms with Crippen LogP contribution < -0.4 is 5.73 Å². The summed E-state index contributed by atoms with van der Waals surface area (Å²) in [5.41, 5.74) is 8.97. The number of methoxy groups -OCH3 is 1. The standard InChI is InChI=1S/C11H15NO2S/c1-7-8(6-15-3)4-5-9(10(7)12)11(13)14-2/h4-5H,6,12H2,1-3H3. The maximum Gasteiger partial charge on any atom is 0.339 e. The first-order valence-corrected chi connectivity index (χ1v) is 5.96. The number of hydrogen-bond donors (Lipinski definition) is 1. The molecular formula is C11H15NO2S. The Morgan fingerprint density at radius 1 is 1.53 bits per heavy atom. The van der Waals surface area contributed by atoms with E-state index in [1.807, 2.05) is 19.2 Å². The molecule has 1 aromatic rings. The van der Waals surface area contributed by atoms with Gasteiger partial charge in [0.2, 0.25) is 0 Å². The molecule has 0 unspecified atom stereocenters. The van der Waals surface area contributed by atoms with Crippen LogP contribution in [0.3, 0.4) is 0 Å². The summed E-state index contributed by atoms with van der Waals surface area (Å²) in [5, 5.41) is 0. The van der Waals surface area contributed by atoms with Crippen molar-refractivity contribution in [3.05, 3.63) is 28.8 Å². The molecule has 0 heterocycles. The van der Waals surface area contributed by atoms with E-state index in [-0.39, 0.29) is 5.97 Å². The second kappa shape index (κ2) is 5.07. The Bertz CT molecular complexity index is 377. The lowest BCUT2D eigenvalue weighted by Crippen LogP contribution is -2.08. The molecule has 0 aliphatic carbocycles. The van der Waals surface area contributed by atoms with Gasteiger partial charge in [0.1, 0.15) is 0 Å². The number of ether oxygens (including phenoxy) is 1. The van der Waals surface area contributed by atoms with E-state index in [0.29, 0.717) is 11.3 Å². The molecule has 0 saturated carbocycles. The summed E-state index contributed by atoms with van der Waals surface area (Å²) in [5.74, 6) is 0.517. The third-order valence-corrected chi connectivity index (χ3v) is 2.93. The quantitative estimate of drug-likeness (QED) is 0.633. The van der Waals surface area contributed by atoms with Gasteiger partial charge in [-0.2, -0.15) is 11.8 Å². The Labute approximate surface area is 94.0 Å². The van der Waals surface area contributed by atoms with Crippen LogP contribution in [-0.2, 0) is 10.5 Å². The Kier molecular flexibility index (Phi) is 4.03. The highest BCUT2D eigenvalue weighted by atomic mass is 32.2. The summed E-state index contributed by atoms with van der Waals surface area (Å²) in [6, 6.07) is 3.65. The van der Waals surface area contributed by atoms with E-state index in [2.05, 4.69) is 4.74 Å². The van der Waals surface area contributed by atoms with E-state index in [1.165, 1.54) is 7.11 Å². The maximum atomic E-state index is 11.3. The van der Waals surface area contributed by atoms with Crippen molar-refractivity contribution in [3.63, 3.8) is 0 Å². The molecule has 0 bridgehead atoms. The van der Waals surface area contributed by atoms with Crippen LogP contribution in [0.5, 0.6) is 0 Å². The van der Waals surface area contributed by atoms with Crippen LogP contribution in [0.1, 0.15) is 21.5 Å². The van der Waals surface area contributed by atoms with Crippen LogP contribution >= 0.6 is 11.8 Å². The van der Waals surface area contributed by atoms with Gasteiger partial charge >= 0.3 is 5.97 Å². The fourth-order valence-corrected chi connectivity index (χ4v) is 2.00. The van der Waals surface area contributed by atoms with Crippen molar-refractivity contribution in [2.75, 3.05) is 19.1 Å². The molecule has 2 N–H and O–H groups in total. The Morgan fingerprint density at radius 3 is 2.73 bits per heavy atom. The van der Waals surface area contributed by atoms with Gasteiger partial charge in [-0.05, 0) is 30.4 Å². The average molecular weight is 225 g/mol. The van der Waals surface area contributed by atoms with E-state index in [0.717, 1.165) is 16.9 Å². The summed E-state index contributed by atoms with van der Waals surface area (Å²) in [6.07, 6.45) is 2.03.